The van der Waals surface area contributed by atoms with E-state index in [1.54, 1.807) is 0 Å². The Bertz CT molecular complexity index is 795. The molecule has 3 aromatic rings. The molecule has 4 rings (SSSR count). The Hall–Kier alpha value is -2.39. The summed E-state index contributed by atoms with van der Waals surface area (Å²) in [6.07, 6.45) is 6.61. The summed E-state index contributed by atoms with van der Waals surface area (Å²) in [6, 6.07) is 21.7. The van der Waals surface area contributed by atoms with Crippen molar-refractivity contribution in [3.63, 3.8) is 0 Å². The molecule has 3 nitrogen and oxygen atoms in total. The lowest BCUT2D eigenvalue weighted by Crippen LogP contribution is -2.22. The monoisotopic (exact) mass is 320 g/mol. The zero-order valence-corrected chi connectivity index (χ0v) is 13.8. The van der Waals surface area contributed by atoms with E-state index in [0.717, 1.165) is 11.2 Å². The van der Waals surface area contributed by atoms with E-state index in [0.29, 0.717) is 6.04 Å². The largest absolute Gasteiger partial charge is 0.412 e. The third-order valence-corrected chi connectivity index (χ3v) is 4.75. The molecule has 124 valence electrons. The van der Waals surface area contributed by atoms with Crippen molar-refractivity contribution in [1.29, 1.82) is 0 Å². The fourth-order valence-corrected chi connectivity index (χ4v) is 3.52. The van der Waals surface area contributed by atoms with Gasteiger partial charge in [0.25, 0.3) is 0 Å². The van der Waals surface area contributed by atoms with Crippen LogP contribution in [0.15, 0.2) is 60.7 Å². The van der Waals surface area contributed by atoms with Gasteiger partial charge in [-0.3, -0.25) is 0 Å². The van der Waals surface area contributed by atoms with Crippen molar-refractivity contribution in [2.45, 2.75) is 38.1 Å². The van der Waals surface area contributed by atoms with Gasteiger partial charge in [-0.15, -0.1) is 0 Å². The average molecular weight is 320 g/mol. The molecule has 1 aliphatic rings. The Morgan fingerprint density at radius 2 is 1.54 bits per heavy atom. The first-order valence-corrected chi connectivity index (χ1v) is 8.62. The van der Waals surface area contributed by atoms with Gasteiger partial charge in [-0.1, -0.05) is 67.8 Å². The van der Waals surface area contributed by atoms with Crippen molar-refractivity contribution in [2.75, 3.05) is 5.32 Å². The topological polar surface area (TPSA) is 56.4 Å². The minimum atomic E-state index is 0. The first kappa shape index (κ1) is 16.5. The molecule has 3 N–H and O–H groups in total. The third kappa shape index (κ3) is 3.41. The highest BCUT2D eigenvalue weighted by Gasteiger charge is 2.15. The highest BCUT2D eigenvalue weighted by atomic mass is 16.0. The quantitative estimate of drug-likeness (QED) is 0.752. The molecule has 3 heteroatoms. The van der Waals surface area contributed by atoms with Crippen LogP contribution < -0.4 is 5.32 Å². The van der Waals surface area contributed by atoms with Crippen LogP contribution in [0.25, 0.3) is 22.2 Å². The number of anilines is 1. The van der Waals surface area contributed by atoms with Gasteiger partial charge in [0.1, 0.15) is 0 Å². The summed E-state index contributed by atoms with van der Waals surface area (Å²) in [5.74, 6) is 0. The maximum Gasteiger partial charge on any atom is 0.0730 e. The van der Waals surface area contributed by atoms with E-state index < -0.39 is 0 Å². The Kier molecular flexibility index (Phi) is 5.11. The SMILES string of the molecule is O.c1ccc(-c2cc(NC3CCCCC3)c3ccccc3n2)cc1. The zero-order valence-electron chi connectivity index (χ0n) is 13.8. The van der Waals surface area contributed by atoms with Crippen LogP contribution >= 0.6 is 0 Å². The molecule has 1 heterocycles. The third-order valence-electron chi connectivity index (χ3n) is 4.75. The Balaban J connectivity index is 0.00000169. The fraction of sp³-hybridized carbons (Fsp3) is 0.286. The molecule has 0 aliphatic heterocycles. The number of hydrogen-bond donors (Lipinski definition) is 1. The summed E-state index contributed by atoms with van der Waals surface area (Å²) < 4.78 is 0. The molecule has 1 aromatic heterocycles. The number of nitrogens with zero attached hydrogens (tertiary/aromatic N) is 1. The van der Waals surface area contributed by atoms with Gasteiger partial charge in [0, 0.05) is 22.7 Å². The van der Waals surface area contributed by atoms with Crippen molar-refractivity contribution in [3.8, 4) is 11.3 Å². The van der Waals surface area contributed by atoms with Crippen molar-refractivity contribution in [1.82, 2.24) is 4.98 Å². The standard InChI is InChI=1S/C21H22N2.H2O/c1-3-9-16(10-4-1)20-15-21(22-17-11-5-2-6-12-17)18-13-7-8-14-19(18)23-20;/h1,3-4,7-10,13-15,17H,2,5-6,11-12H2,(H,22,23);1H2. The molecule has 0 saturated heterocycles. The lowest BCUT2D eigenvalue weighted by Gasteiger charge is -2.25. The number of fused-ring (bicyclic) bond motifs is 1. The minimum absolute atomic E-state index is 0. The predicted octanol–water partition coefficient (Wildman–Crippen LogP) is 4.82. The molecular weight excluding hydrogens is 296 g/mol. The van der Waals surface area contributed by atoms with Gasteiger partial charge >= 0.3 is 0 Å². The lowest BCUT2D eigenvalue weighted by molar-refractivity contribution is 0.463. The normalized spacial score (nSPS) is 15.0. The van der Waals surface area contributed by atoms with Gasteiger partial charge in [-0.05, 0) is 25.0 Å². The van der Waals surface area contributed by atoms with Crippen LogP contribution in [0.3, 0.4) is 0 Å². The van der Waals surface area contributed by atoms with Gasteiger partial charge in [0.05, 0.1) is 11.2 Å². The first-order chi connectivity index (χ1) is 11.4. The van der Waals surface area contributed by atoms with Crippen LogP contribution in [0.5, 0.6) is 0 Å². The zero-order chi connectivity index (χ0) is 15.5. The highest BCUT2D eigenvalue weighted by Crippen LogP contribution is 2.30. The Labute approximate surface area is 143 Å². The van der Waals surface area contributed by atoms with Crippen LogP contribution in [0.1, 0.15) is 32.1 Å². The van der Waals surface area contributed by atoms with Crippen molar-refractivity contribution in [2.24, 2.45) is 0 Å². The number of para-hydroxylation sites is 1. The first-order valence-electron chi connectivity index (χ1n) is 8.62. The fourth-order valence-electron chi connectivity index (χ4n) is 3.52. The minimum Gasteiger partial charge on any atom is -0.412 e. The molecule has 0 spiro atoms. The number of aromatic nitrogens is 1. The van der Waals surface area contributed by atoms with E-state index in [9.17, 15) is 0 Å². The molecule has 0 radical (unpaired) electrons. The second-order valence-corrected chi connectivity index (χ2v) is 6.42. The van der Waals surface area contributed by atoms with Gasteiger partial charge in [-0.25, -0.2) is 4.98 Å². The van der Waals surface area contributed by atoms with E-state index >= 15 is 0 Å². The van der Waals surface area contributed by atoms with Gasteiger partial charge in [0.2, 0.25) is 0 Å². The Morgan fingerprint density at radius 1 is 0.833 bits per heavy atom. The molecule has 0 amide bonds. The molecule has 1 fully saturated rings. The van der Waals surface area contributed by atoms with Gasteiger partial charge in [0.15, 0.2) is 0 Å². The lowest BCUT2D eigenvalue weighted by atomic mass is 9.95. The summed E-state index contributed by atoms with van der Waals surface area (Å²) in [6.45, 7) is 0. The number of nitrogens with one attached hydrogen (secondary N) is 1. The van der Waals surface area contributed by atoms with Crippen molar-refractivity contribution in [3.05, 3.63) is 60.7 Å². The van der Waals surface area contributed by atoms with Crippen LogP contribution in [0.4, 0.5) is 5.69 Å². The molecule has 0 bridgehead atoms. The van der Waals surface area contributed by atoms with Crippen molar-refractivity contribution >= 4 is 16.6 Å². The summed E-state index contributed by atoms with van der Waals surface area (Å²) >= 11 is 0. The number of rotatable bonds is 3. The van der Waals surface area contributed by atoms with E-state index in [1.807, 2.05) is 6.07 Å². The van der Waals surface area contributed by atoms with Crippen molar-refractivity contribution < 1.29 is 5.48 Å². The van der Waals surface area contributed by atoms with Gasteiger partial charge < -0.3 is 10.8 Å². The molecule has 1 saturated carbocycles. The summed E-state index contributed by atoms with van der Waals surface area (Å²) in [4.78, 5) is 4.86. The number of benzene rings is 2. The molecule has 0 unspecified atom stereocenters. The number of pyridine rings is 1. The van der Waals surface area contributed by atoms with E-state index in [-0.39, 0.29) is 5.48 Å². The summed E-state index contributed by atoms with van der Waals surface area (Å²) in [5, 5.41) is 5.01. The van der Waals surface area contributed by atoms with Gasteiger partial charge in [-0.2, -0.15) is 0 Å². The molecular formula is C21H24N2O. The second-order valence-electron chi connectivity index (χ2n) is 6.42. The van der Waals surface area contributed by atoms with E-state index in [2.05, 4.69) is 59.9 Å². The summed E-state index contributed by atoms with van der Waals surface area (Å²) in [5.41, 5.74) is 4.50. The second kappa shape index (κ2) is 7.45. The van der Waals surface area contributed by atoms with E-state index in [1.165, 1.54) is 48.7 Å². The van der Waals surface area contributed by atoms with Crippen LogP contribution in [0, 0.1) is 0 Å². The molecule has 2 aromatic carbocycles. The molecule has 1 aliphatic carbocycles. The number of hydrogen-bond acceptors (Lipinski definition) is 2. The predicted molar refractivity (Wildman–Crippen MR) is 101 cm³/mol. The maximum absolute atomic E-state index is 4.86. The maximum atomic E-state index is 4.86. The molecule has 0 atom stereocenters. The average Bonchev–Trinajstić information content (AvgIpc) is 2.63. The van der Waals surface area contributed by atoms with Crippen LogP contribution in [-0.2, 0) is 0 Å². The van der Waals surface area contributed by atoms with E-state index in [4.69, 9.17) is 4.98 Å². The van der Waals surface area contributed by atoms with Crippen LogP contribution in [-0.4, -0.2) is 16.5 Å². The van der Waals surface area contributed by atoms with Crippen LogP contribution in [0.2, 0.25) is 0 Å². The smallest absolute Gasteiger partial charge is 0.0730 e. The molecule has 24 heavy (non-hydrogen) atoms. The Morgan fingerprint density at radius 3 is 2.33 bits per heavy atom. The highest BCUT2D eigenvalue weighted by molar-refractivity contribution is 5.93. The summed E-state index contributed by atoms with van der Waals surface area (Å²) in [7, 11) is 0.